The Hall–Kier alpha value is -1.59. The van der Waals surface area contributed by atoms with Crippen LogP contribution in [0.4, 0.5) is 0 Å². The van der Waals surface area contributed by atoms with Crippen LogP contribution < -0.4 is 10.6 Å². The van der Waals surface area contributed by atoms with Crippen molar-refractivity contribution in [2.45, 2.75) is 39.1 Å². The van der Waals surface area contributed by atoms with Crippen molar-refractivity contribution < 1.29 is 20.1 Å². The van der Waals surface area contributed by atoms with E-state index in [2.05, 4.69) is 25.8 Å². The highest BCUT2D eigenvalue weighted by Gasteiger charge is 2.09. The minimum atomic E-state index is -0.956. The number of nitrogens with zero attached hydrogens (tertiary/aromatic N) is 4. The summed E-state index contributed by atoms with van der Waals surface area (Å²) in [7, 11) is 0. The Bertz CT molecular complexity index is 494. The number of carboxylic acid groups (broad SMARTS) is 1. The van der Waals surface area contributed by atoms with Crippen LogP contribution in [0.5, 0.6) is 0 Å². The summed E-state index contributed by atoms with van der Waals surface area (Å²) in [5, 5.41) is 41.6. The number of hydrogen-bond donors (Lipinski definition) is 5. The van der Waals surface area contributed by atoms with E-state index in [9.17, 15) is 15.0 Å². The lowest BCUT2D eigenvalue weighted by Gasteiger charge is -2.24. The Morgan fingerprint density at radius 3 is 2.52 bits per heavy atom. The summed E-state index contributed by atoms with van der Waals surface area (Å²) in [4.78, 5) is 12.7. The minimum Gasteiger partial charge on any atom is -0.480 e. The van der Waals surface area contributed by atoms with E-state index in [4.69, 9.17) is 5.11 Å². The van der Waals surface area contributed by atoms with Crippen molar-refractivity contribution in [1.29, 1.82) is 0 Å². The molecule has 0 fully saturated rings. The van der Waals surface area contributed by atoms with Crippen LogP contribution in [-0.2, 0) is 17.9 Å². The molecule has 0 saturated carbocycles. The summed E-state index contributed by atoms with van der Waals surface area (Å²) in [6, 6.07) is 0. The molecular formula is C15H30N6O4. The number of rotatable bonds is 14. The summed E-state index contributed by atoms with van der Waals surface area (Å²) in [5.41, 5.74) is 0.682. The van der Waals surface area contributed by atoms with E-state index >= 15 is 0 Å². The molecule has 0 unspecified atom stereocenters. The monoisotopic (exact) mass is 358 g/mol. The highest BCUT2D eigenvalue weighted by Crippen LogP contribution is 1.94. The van der Waals surface area contributed by atoms with E-state index in [0.29, 0.717) is 31.9 Å². The average Bonchev–Trinajstić information content (AvgIpc) is 2.93. The van der Waals surface area contributed by atoms with Crippen LogP contribution >= 0.6 is 0 Å². The van der Waals surface area contributed by atoms with Crippen molar-refractivity contribution in [1.82, 2.24) is 30.5 Å². The van der Waals surface area contributed by atoms with Crippen LogP contribution in [0.25, 0.3) is 0 Å². The van der Waals surface area contributed by atoms with Gasteiger partial charge in [0.25, 0.3) is 0 Å². The zero-order chi connectivity index (χ0) is 18.7. The third kappa shape index (κ3) is 10.8. The van der Waals surface area contributed by atoms with Crippen molar-refractivity contribution in [2.24, 2.45) is 0 Å². The van der Waals surface area contributed by atoms with Gasteiger partial charge in [-0.2, -0.15) is 0 Å². The number of hydrogen-bond acceptors (Lipinski definition) is 8. The van der Waals surface area contributed by atoms with E-state index < -0.39 is 12.1 Å². The molecular weight excluding hydrogens is 328 g/mol. The van der Waals surface area contributed by atoms with Crippen LogP contribution in [0.15, 0.2) is 6.20 Å². The molecule has 10 heteroatoms. The highest BCUT2D eigenvalue weighted by molar-refractivity contribution is 5.66. The third-order valence-electron chi connectivity index (χ3n) is 3.36. The largest absolute Gasteiger partial charge is 0.480 e. The molecule has 1 rings (SSSR count). The molecule has 1 heterocycles. The van der Waals surface area contributed by atoms with Crippen LogP contribution in [0.3, 0.4) is 0 Å². The topological polar surface area (TPSA) is 136 Å². The molecule has 1 aromatic heterocycles. The lowest BCUT2D eigenvalue weighted by molar-refractivity contribution is -0.137. The van der Waals surface area contributed by atoms with Crippen LogP contribution in [0, 0.1) is 0 Å². The van der Waals surface area contributed by atoms with Gasteiger partial charge in [0.1, 0.15) is 6.54 Å². The predicted molar refractivity (Wildman–Crippen MR) is 92.0 cm³/mol. The minimum absolute atomic E-state index is 0.200. The number of aliphatic carboxylic acids is 1. The average molecular weight is 358 g/mol. The maximum atomic E-state index is 10.6. The van der Waals surface area contributed by atoms with Crippen LogP contribution in [0.2, 0.25) is 0 Å². The zero-order valence-electron chi connectivity index (χ0n) is 14.9. The third-order valence-corrected chi connectivity index (χ3v) is 3.36. The Balaban J connectivity index is 2.26. The van der Waals surface area contributed by atoms with Gasteiger partial charge in [-0.15, -0.1) is 5.10 Å². The zero-order valence-corrected chi connectivity index (χ0v) is 14.9. The molecule has 25 heavy (non-hydrogen) atoms. The van der Waals surface area contributed by atoms with Gasteiger partial charge in [-0.1, -0.05) is 5.21 Å². The van der Waals surface area contributed by atoms with Gasteiger partial charge >= 0.3 is 5.97 Å². The number of carboxylic acids is 1. The SMILES string of the molecule is C[C@H](O)CNCCN(CCNCc1cn(CC(=O)O)nn1)C[C@H](C)O. The van der Waals surface area contributed by atoms with E-state index in [0.717, 1.165) is 19.6 Å². The molecule has 0 aromatic carbocycles. The van der Waals surface area contributed by atoms with E-state index in [1.807, 2.05) is 0 Å². The van der Waals surface area contributed by atoms with Gasteiger partial charge in [-0.3, -0.25) is 9.69 Å². The normalized spacial score (nSPS) is 14.0. The summed E-state index contributed by atoms with van der Waals surface area (Å²) in [6.07, 6.45) is 0.823. The van der Waals surface area contributed by atoms with Crippen LogP contribution in [-0.4, -0.2) is 92.7 Å². The van der Waals surface area contributed by atoms with Crippen molar-refractivity contribution in [3.63, 3.8) is 0 Å². The molecule has 0 saturated heterocycles. The molecule has 5 N–H and O–H groups in total. The summed E-state index contributed by atoms with van der Waals surface area (Å²) in [6.45, 7) is 7.88. The van der Waals surface area contributed by atoms with Crippen molar-refractivity contribution in [2.75, 3.05) is 39.3 Å². The van der Waals surface area contributed by atoms with Gasteiger partial charge in [0, 0.05) is 45.8 Å². The first kappa shape index (κ1) is 21.5. The number of aliphatic hydroxyl groups is 2. The van der Waals surface area contributed by atoms with Crippen LogP contribution in [0.1, 0.15) is 19.5 Å². The number of aliphatic hydroxyl groups excluding tert-OH is 2. The van der Waals surface area contributed by atoms with Gasteiger partial charge < -0.3 is 26.0 Å². The Morgan fingerprint density at radius 1 is 1.24 bits per heavy atom. The molecule has 10 nitrogen and oxygen atoms in total. The summed E-state index contributed by atoms with van der Waals surface area (Å²) >= 11 is 0. The van der Waals surface area contributed by atoms with Crippen molar-refractivity contribution in [3.05, 3.63) is 11.9 Å². The quantitative estimate of drug-likeness (QED) is 0.242. The molecule has 0 aliphatic rings. The summed E-state index contributed by atoms with van der Waals surface area (Å²) < 4.78 is 1.28. The first-order chi connectivity index (χ1) is 11.9. The van der Waals surface area contributed by atoms with Gasteiger partial charge in [0.2, 0.25) is 0 Å². The molecule has 144 valence electrons. The van der Waals surface area contributed by atoms with E-state index in [1.165, 1.54) is 4.68 Å². The van der Waals surface area contributed by atoms with E-state index in [1.54, 1.807) is 20.0 Å². The van der Waals surface area contributed by atoms with Gasteiger partial charge in [-0.25, -0.2) is 4.68 Å². The Morgan fingerprint density at radius 2 is 1.92 bits per heavy atom. The molecule has 0 aliphatic carbocycles. The molecule has 0 spiro atoms. The molecule has 1 aromatic rings. The maximum Gasteiger partial charge on any atom is 0.325 e. The Kier molecular flexibility index (Phi) is 10.2. The molecule has 0 radical (unpaired) electrons. The lowest BCUT2D eigenvalue weighted by Crippen LogP contribution is -2.41. The maximum absolute atomic E-state index is 10.6. The second-order valence-electron chi connectivity index (χ2n) is 6.18. The molecule has 0 amide bonds. The van der Waals surface area contributed by atoms with Gasteiger partial charge in [0.15, 0.2) is 0 Å². The van der Waals surface area contributed by atoms with Gasteiger partial charge in [-0.05, 0) is 13.8 Å². The first-order valence-electron chi connectivity index (χ1n) is 8.47. The second-order valence-corrected chi connectivity index (χ2v) is 6.18. The fourth-order valence-electron chi connectivity index (χ4n) is 2.31. The molecule has 0 aliphatic heterocycles. The molecule has 2 atom stereocenters. The van der Waals surface area contributed by atoms with Crippen molar-refractivity contribution in [3.8, 4) is 0 Å². The molecule has 0 bridgehead atoms. The summed E-state index contributed by atoms with van der Waals surface area (Å²) in [5.74, 6) is -0.956. The number of carbonyl (C=O) groups is 1. The second kappa shape index (κ2) is 11.9. The number of nitrogens with one attached hydrogen (secondary N) is 2. The standard InChI is InChI=1S/C15H30N6O4/c1-12(22)7-16-3-5-20(9-13(2)23)6-4-17-8-14-10-21(19-18-14)11-15(24)25/h10,12-13,16-17,22-23H,3-9,11H2,1-2H3,(H,24,25)/t12-,13-/m0/s1. The highest BCUT2D eigenvalue weighted by atomic mass is 16.4. The predicted octanol–water partition coefficient (Wildman–Crippen LogP) is -1.89. The number of aromatic nitrogens is 3. The lowest BCUT2D eigenvalue weighted by atomic mass is 10.3. The smallest absolute Gasteiger partial charge is 0.325 e. The van der Waals surface area contributed by atoms with Crippen molar-refractivity contribution >= 4 is 5.97 Å². The fourth-order valence-corrected chi connectivity index (χ4v) is 2.31. The fraction of sp³-hybridized carbons (Fsp3) is 0.800. The Labute approximate surface area is 147 Å². The van der Waals surface area contributed by atoms with Gasteiger partial charge in [0.05, 0.1) is 24.1 Å². The van der Waals surface area contributed by atoms with E-state index in [-0.39, 0.29) is 12.6 Å². The first-order valence-corrected chi connectivity index (χ1v) is 8.47.